The molecule has 0 fully saturated rings. The van der Waals surface area contributed by atoms with Crippen molar-refractivity contribution >= 4 is 23.4 Å². The van der Waals surface area contributed by atoms with Crippen LogP contribution in [0.25, 0.3) is 6.08 Å². The first-order valence-corrected chi connectivity index (χ1v) is 8.02. The predicted octanol–water partition coefficient (Wildman–Crippen LogP) is 3.52. The molecule has 0 aliphatic heterocycles. The highest BCUT2D eigenvalue weighted by atomic mass is 16.6. The summed E-state index contributed by atoms with van der Waals surface area (Å²) >= 11 is 0. The summed E-state index contributed by atoms with van der Waals surface area (Å²) in [7, 11) is 1.56. The summed E-state index contributed by atoms with van der Waals surface area (Å²) in [6, 6.07) is 13.6. The average molecular weight is 356 g/mol. The molecular weight excluding hydrogens is 336 g/mol. The Hall–Kier alpha value is -3.19. The van der Waals surface area contributed by atoms with Gasteiger partial charge in [0.2, 0.25) is 0 Å². The van der Waals surface area contributed by atoms with Gasteiger partial charge in [0.15, 0.2) is 0 Å². The van der Waals surface area contributed by atoms with Gasteiger partial charge in [-0.3, -0.25) is 10.1 Å². The van der Waals surface area contributed by atoms with Crippen LogP contribution in [0.15, 0.2) is 54.6 Å². The molecule has 0 saturated carbocycles. The zero-order valence-electron chi connectivity index (χ0n) is 14.4. The minimum Gasteiger partial charge on any atom is -0.458 e. The first kappa shape index (κ1) is 19.1. The van der Waals surface area contributed by atoms with Crippen molar-refractivity contribution in [3.63, 3.8) is 0 Å². The van der Waals surface area contributed by atoms with Crippen LogP contribution in [0.4, 0.5) is 11.4 Å². The van der Waals surface area contributed by atoms with Crippen LogP contribution in [0.1, 0.15) is 15.9 Å². The number of benzene rings is 2. The number of nitrogens with zero attached hydrogens (tertiary/aromatic N) is 1. The number of methoxy groups -OCH3 is 1. The molecule has 0 atom stereocenters. The van der Waals surface area contributed by atoms with Gasteiger partial charge in [0.25, 0.3) is 5.69 Å². The van der Waals surface area contributed by atoms with Crippen LogP contribution in [0.3, 0.4) is 0 Å². The minimum absolute atomic E-state index is 0.0634. The molecule has 136 valence electrons. The van der Waals surface area contributed by atoms with E-state index in [1.54, 1.807) is 13.2 Å². The molecule has 2 aromatic rings. The van der Waals surface area contributed by atoms with Crippen molar-refractivity contribution < 1.29 is 19.2 Å². The number of ether oxygens (including phenoxy) is 2. The van der Waals surface area contributed by atoms with E-state index in [2.05, 4.69) is 5.32 Å². The average Bonchev–Trinajstić information content (AvgIpc) is 2.66. The summed E-state index contributed by atoms with van der Waals surface area (Å²) in [5.74, 6) is -0.633. The Morgan fingerprint density at radius 2 is 2.00 bits per heavy atom. The van der Waals surface area contributed by atoms with E-state index in [1.807, 2.05) is 36.4 Å². The van der Waals surface area contributed by atoms with Crippen molar-refractivity contribution in [2.24, 2.45) is 0 Å². The molecule has 0 saturated heterocycles. The van der Waals surface area contributed by atoms with E-state index in [1.165, 1.54) is 18.2 Å². The summed E-state index contributed by atoms with van der Waals surface area (Å²) in [6.07, 6.45) is 3.54. The zero-order chi connectivity index (χ0) is 18.8. The molecule has 26 heavy (non-hydrogen) atoms. The first-order valence-electron chi connectivity index (χ1n) is 8.02. The smallest absolute Gasteiger partial charge is 0.340 e. The van der Waals surface area contributed by atoms with Crippen molar-refractivity contribution in [3.05, 3.63) is 75.8 Å². The quantitative estimate of drug-likeness (QED) is 0.320. The monoisotopic (exact) mass is 356 g/mol. The number of rotatable bonds is 9. The highest BCUT2D eigenvalue weighted by molar-refractivity contribution is 5.96. The number of non-ortho nitro benzene ring substituents is 1. The number of carbonyl (C=O) groups is 1. The van der Waals surface area contributed by atoms with Gasteiger partial charge in [-0.1, -0.05) is 36.4 Å². The largest absolute Gasteiger partial charge is 0.458 e. The molecule has 1 N–H and O–H groups in total. The van der Waals surface area contributed by atoms with Gasteiger partial charge in [0.1, 0.15) is 6.61 Å². The minimum atomic E-state index is -0.633. The van der Waals surface area contributed by atoms with E-state index in [9.17, 15) is 14.9 Å². The number of anilines is 1. The maximum Gasteiger partial charge on any atom is 0.340 e. The van der Waals surface area contributed by atoms with Crippen LogP contribution < -0.4 is 5.32 Å². The molecule has 0 aromatic heterocycles. The SMILES string of the molecule is COCCNc1ccc([N+](=O)[O-])cc1C(=O)OC/C=C/c1ccccc1. The molecule has 0 heterocycles. The number of hydrogen-bond acceptors (Lipinski definition) is 6. The molecule has 2 rings (SSSR count). The molecule has 0 amide bonds. The highest BCUT2D eigenvalue weighted by Gasteiger charge is 2.17. The maximum absolute atomic E-state index is 12.3. The zero-order valence-corrected chi connectivity index (χ0v) is 14.4. The first-order chi connectivity index (χ1) is 12.6. The van der Waals surface area contributed by atoms with Crippen molar-refractivity contribution in [2.45, 2.75) is 0 Å². The van der Waals surface area contributed by atoms with Crippen molar-refractivity contribution in [1.29, 1.82) is 0 Å². The second kappa shape index (κ2) is 9.95. The van der Waals surface area contributed by atoms with Gasteiger partial charge in [-0.05, 0) is 17.7 Å². The van der Waals surface area contributed by atoms with E-state index in [-0.39, 0.29) is 17.9 Å². The van der Waals surface area contributed by atoms with E-state index < -0.39 is 10.9 Å². The molecule has 0 unspecified atom stereocenters. The van der Waals surface area contributed by atoms with Crippen LogP contribution in [0.5, 0.6) is 0 Å². The van der Waals surface area contributed by atoms with Gasteiger partial charge in [-0.2, -0.15) is 0 Å². The van der Waals surface area contributed by atoms with Crippen molar-refractivity contribution in [1.82, 2.24) is 0 Å². The van der Waals surface area contributed by atoms with Gasteiger partial charge >= 0.3 is 5.97 Å². The lowest BCUT2D eigenvalue weighted by Gasteiger charge is -2.11. The van der Waals surface area contributed by atoms with Crippen molar-refractivity contribution in [2.75, 3.05) is 32.2 Å². The standard InChI is InChI=1S/C19H20N2O5/c1-25-13-11-20-18-10-9-16(21(23)24)14-17(18)19(22)26-12-5-8-15-6-3-2-4-7-15/h2-10,14,20H,11-13H2,1H3/b8-5+. The lowest BCUT2D eigenvalue weighted by atomic mass is 10.1. The van der Waals surface area contributed by atoms with Crippen LogP contribution in [0.2, 0.25) is 0 Å². The molecular formula is C19H20N2O5. The molecule has 0 bridgehead atoms. The van der Waals surface area contributed by atoms with Crippen LogP contribution in [-0.2, 0) is 9.47 Å². The number of hydrogen-bond donors (Lipinski definition) is 1. The number of nitro benzene ring substituents is 1. The third-order valence-electron chi connectivity index (χ3n) is 3.48. The fraction of sp³-hybridized carbons (Fsp3) is 0.211. The number of nitrogens with one attached hydrogen (secondary N) is 1. The predicted molar refractivity (Wildman–Crippen MR) is 99.2 cm³/mol. The second-order valence-corrected chi connectivity index (χ2v) is 5.32. The van der Waals surface area contributed by atoms with Gasteiger partial charge in [-0.15, -0.1) is 0 Å². The normalized spacial score (nSPS) is 10.7. The van der Waals surface area contributed by atoms with Crippen LogP contribution in [-0.4, -0.2) is 37.8 Å². The van der Waals surface area contributed by atoms with Crippen LogP contribution in [0, 0.1) is 10.1 Å². The molecule has 2 aromatic carbocycles. The Balaban J connectivity index is 2.05. The molecule has 7 heteroatoms. The molecule has 7 nitrogen and oxygen atoms in total. The third kappa shape index (κ3) is 5.71. The maximum atomic E-state index is 12.3. The Morgan fingerprint density at radius 1 is 1.23 bits per heavy atom. The molecule has 0 aliphatic rings. The summed E-state index contributed by atoms with van der Waals surface area (Å²) in [4.78, 5) is 22.8. The van der Waals surface area contributed by atoms with E-state index in [0.717, 1.165) is 5.56 Å². The summed E-state index contributed by atoms with van der Waals surface area (Å²) in [5.41, 5.74) is 1.39. The molecule has 0 radical (unpaired) electrons. The third-order valence-corrected chi connectivity index (χ3v) is 3.48. The van der Waals surface area contributed by atoms with Gasteiger partial charge in [0, 0.05) is 31.5 Å². The molecule has 0 spiro atoms. The lowest BCUT2D eigenvalue weighted by molar-refractivity contribution is -0.384. The van der Waals surface area contributed by atoms with Crippen molar-refractivity contribution in [3.8, 4) is 0 Å². The van der Waals surface area contributed by atoms with E-state index >= 15 is 0 Å². The highest BCUT2D eigenvalue weighted by Crippen LogP contribution is 2.23. The number of esters is 1. The Morgan fingerprint density at radius 3 is 2.69 bits per heavy atom. The topological polar surface area (TPSA) is 90.7 Å². The van der Waals surface area contributed by atoms with Gasteiger partial charge in [-0.25, -0.2) is 4.79 Å². The summed E-state index contributed by atoms with van der Waals surface area (Å²) < 4.78 is 10.2. The Kier molecular flexibility index (Phi) is 7.32. The Labute approximate surface area is 151 Å². The van der Waals surface area contributed by atoms with Gasteiger partial charge in [0.05, 0.1) is 17.1 Å². The summed E-state index contributed by atoms with van der Waals surface area (Å²) in [5, 5.41) is 14.0. The second-order valence-electron chi connectivity index (χ2n) is 5.32. The Bertz CT molecular complexity index is 775. The van der Waals surface area contributed by atoms with E-state index in [0.29, 0.717) is 18.8 Å². The fourth-order valence-corrected chi connectivity index (χ4v) is 2.21. The molecule has 0 aliphatic carbocycles. The fourth-order valence-electron chi connectivity index (χ4n) is 2.21. The van der Waals surface area contributed by atoms with E-state index in [4.69, 9.17) is 9.47 Å². The van der Waals surface area contributed by atoms with Gasteiger partial charge < -0.3 is 14.8 Å². The number of carbonyl (C=O) groups excluding carboxylic acids is 1. The lowest BCUT2D eigenvalue weighted by Crippen LogP contribution is -2.13. The number of nitro groups is 1. The summed E-state index contributed by atoms with van der Waals surface area (Å²) in [6.45, 7) is 0.960. The van der Waals surface area contributed by atoms with Crippen LogP contribution >= 0.6 is 0 Å².